The zero-order valence-corrected chi connectivity index (χ0v) is 44.9. The topological polar surface area (TPSA) is 143 Å². The number of unbranched alkanes of at least 4 members (excludes halogenated alkanes) is 6. The maximum absolute atomic E-state index is 13.9. The van der Waals surface area contributed by atoms with Gasteiger partial charge in [0.05, 0.1) is 53.3 Å². The second-order valence-electron chi connectivity index (χ2n) is 20.9. The fraction of sp³-hybridized carbons (Fsp3) is 0.600. The van der Waals surface area contributed by atoms with Gasteiger partial charge in [0.2, 0.25) is 5.13 Å². The highest BCUT2D eigenvalue weighted by atomic mass is 32.1. The lowest BCUT2D eigenvalue weighted by atomic mass is 9.69. The summed E-state index contributed by atoms with van der Waals surface area (Å²) in [7, 11) is 0. The zero-order valence-electron chi connectivity index (χ0n) is 44.1. The third kappa shape index (κ3) is 16.9. The van der Waals surface area contributed by atoms with E-state index in [0.29, 0.717) is 79.9 Å². The van der Waals surface area contributed by atoms with Gasteiger partial charge in [-0.2, -0.15) is 5.10 Å². The van der Waals surface area contributed by atoms with Crippen molar-refractivity contribution in [1.82, 2.24) is 4.98 Å². The molecule has 13 heteroatoms. The number of rotatable bonds is 26. The van der Waals surface area contributed by atoms with Crippen LogP contribution in [-0.2, 0) is 23.9 Å². The SMILES string of the molecule is CCCCCCN(/N=C/c1cc(OC(=O)C2CCC(C(=O)Oc3ccc(OCCCCCCOC(=O)C(C)CC)cc3)CC2)ccc1OC(=O)C1CCC(C2CCC(CC)CC2)CC1)c1nc2ccccc2s1. The number of hydrazone groups is 1. The second kappa shape index (κ2) is 29.0. The van der Waals surface area contributed by atoms with Crippen LogP contribution in [0.1, 0.15) is 175 Å². The summed E-state index contributed by atoms with van der Waals surface area (Å²) in [5.74, 6) is 2.29. The summed E-state index contributed by atoms with van der Waals surface area (Å²) >= 11 is 1.59. The molecular weight excluding hydrogens is 939 g/mol. The van der Waals surface area contributed by atoms with Crippen LogP contribution in [-0.4, -0.2) is 54.8 Å². The molecule has 0 N–H and O–H groups in total. The van der Waals surface area contributed by atoms with Gasteiger partial charge < -0.3 is 23.7 Å². The molecule has 0 saturated heterocycles. The molecule has 0 spiro atoms. The Morgan fingerprint density at radius 2 is 1.23 bits per heavy atom. The Morgan fingerprint density at radius 1 is 0.658 bits per heavy atom. The number of carbonyl (C=O) groups is 4. The Kier molecular flexibility index (Phi) is 22.0. The number of benzene rings is 3. The zero-order chi connectivity index (χ0) is 51.4. The van der Waals surface area contributed by atoms with E-state index in [1.54, 1.807) is 60.0 Å². The second-order valence-corrected chi connectivity index (χ2v) is 21.9. The number of anilines is 1. The van der Waals surface area contributed by atoms with E-state index in [2.05, 4.69) is 19.9 Å². The number of esters is 4. The van der Waals surface area contributed by atoms with E-state index in [9.17, 15) is 19.2 Å². The fourth-order valence-corrected chi connectivity index (χ4v) is 11.6. The summed E-state index contributed by atoms with van der Waals surface area (Å²) in [5, 5.41) is 7.69. The summed E-state index contributed by atoms with van der Waals surface area (Å²) in [5.41, 5.74) is 1.45. The Labute approximate surface area is 438 Å². The van der Waals surface area contributed by atoms with E-state index in [0.717, 1.165) is 111 Å². The molecule has 3 aromatic carbocycles. The smallest absolute Gasteiger partial charge is 0.314 e. The molecule has 12 nitrogen and oxygen atoms in total. The van der Waals surface area contributed by atoms with Crippen LogP contribution in [0, 0.1) is 41.4 Å². The highest BCUT2D eigenvalue weighted by Gasteiger charge is 2.35. The lowest BCUT2D eigenvalue weighted by Crippen LogP contribution is -2.30. The molecule has 1 heterocycles. The summed E-state index contributed by atoms with van der Waals surface area (Å²) in [6, 6.07) is 20.3. The Balaban J connectivity index is 0.924. The first-order valence-electron chi connectivity index (χ1n) is 28.0. The van der Waals surface area contributed by atoms with Crippen molar-refractivity contribution in [1.29, 1.82) is 0 Å². The average Bonchev–Trinajstić information content (AvgIpc) is 3.86. The number of carbonyl (C=O) groups excluding carboxylic acids is 4. The largest absolute Gasteiger partial charge is 0.494 e. The molecule has 1 aromatic heterocycles. The summed E-state index contributed by atoms with van der Waals surface area (Å²) in [6.07, 6.45) is 22.8. The number of hydrogen-bond donors (Lipinski definition) is 0. The molecular formula is C60H81N3O9S. The van der Waals surface area contributed by atoms with Crippen LogP contribution in [0.3, 0.4) is 0 Å². The van der Waals surface area contributed by atoms with Crippen molar-refractivity contribution in [2.24, 2.45) is 46.5 Å². The molecule has 0 amide bonds. The number of hydrogen-bond acceptors (Lipinski definition) is 13. The molecule has 73 heavy (non-hydrogen) atoms. The highest BCUT2D eigenvalue weighted by molar-refractivity contribution is 7.22. The Bertz CT molecular complexity index is 2340. The van der Waals surface area contributed by atoms with E-state index in [1.807, 2.05) is 37.1 Å². The summed E-state index contributed by atoms with van der Waals surface area (Å²) < 4.78 is 30.3. The van der Waals surface area contributed by atoms with Gasteiger partial charge >= 0.3 is 23.9 Å². The third-order valence-electron chi connectivity index (χ3n) is 15.7. The number of thiazole rings is 1. The van der Waals surface area contributed by atoms with Gasteiger partial charge in [0.1, 0.15) is 23.0 Å². The first-order valence-corrected chi connectivity index (χ1v) is 28.8. The minimum atomic E-state index is -0.378. The van der Waals surface area contributed by atoms with Gasteiger partial charge in [0.15, 0.2) is 0 Å². The predicted octanol–water partition coefficient (Wildman–Crippen LogP) is 14.5. The minimum absolute atomic E-state index is 0.0539. The molecule has 0 bridgehead atoms. The van der Waals surface area contributed by atoms with E-state index >= 15 is 0 Å². The van der Waals surface area contributed by atoms with Crippen LogP contribution >= 0.6 is 11.3 Å². The van der Waals surface area contributed by atoms with Crippen molar-refractivity contribution >= 4 is 56.8 Å². The third-order valence-corrected chi connectivity index (χ3v) is 16.8. The van der Waals surface area contributed by atoms with Crippen LogP contribution < -0.4 is 24.0 Å². The van der Waals surface area contributed by atoms with Gasteiger partial charge in [0.25, 0.3) is 0 Å². The predicted molar refractivity (Wildman–Crippen MR) is 290 cm³/mol. The number of aromatic nitrogens is 1. The lowest BCUT2D eigenvalue weighted by molar-refractivity contribution is -0.148. The van der Waals surface area contributed by atoms with Crippen LogP contribution in [0.15, 0.2) is 71.8 Å². The standard InChI is InChI=1S/C60H81N3O9S/c1-5-8-9-14-37-63(60-62-53-17-12-13-18-55(53)73-60)61-41-49-40-52(35-36-54(49)72-59(67)48-25-23-45(24-26-48)44-21-19-43(7-3)20-22-44)71-58(66)47-29-27-46(28-30-47)57(65)70-51-33-31-50(32-34-51)68-38-15-10-11-16-39-69-56(64)42(4)6-2/h12-13,17-18,31-36,40-48H,5-11,14-16,19-30,37-39H2,1-4H3/b61-41+. The number of ether oxygens (including phenoxy) is 5. The van der Waals surface area contributed by atoms with Crippen LogP contribution in [0.5, 0.6) is 23.0 Å². The number of para-hydroxylation sites is 1. The molecule has 3 fully saturated rings. The molecule has 7 rings (SSSR count). The fourth-order valence-electron chi connectivity index (χ4n) is 10.7. The first kappa shape index (κ1) is 55.5. The van der Waals surface area contributed by atoms with Crippen molar-refractivity contribution in [3.8, 4) is 23.0 Å². The van der Waals surface area contributed by atoms with Crippen molar-refractivity contribution in [3.05, 3.63) is 72.3 Å². The summed E-state index contributed by atoms with van der Waals surface area (Å²) in [6.45, 7) is 10.1. The molecule has 4 aromatic rings. The molecule has 396 valence electrons. The first-order chi connectivity index (χ1) is 35.6. The minimum Gasteiger partial charge on any atom is -0.494 e. The molecule has 1 unspecified atom stereocenters. The van der Waals surface area contributed by atoms with E-state index in [-0.39, 0.29) is 47.5 Å². The van der Waals surface area contributed by atoms with Gasteiger partial charge in [0, 0.05) is 12.1 Å². The summed E-state index contributed by atoms with van der Waals surface area (Å²) in [4.78, 5) is 57.6. The lowest BCUT2D eigenvalue weighted by Gasteiger charge is -2.37. The van der Waals surface area contributed by atoms with Gasteiger partial charge in [-0.3, -0.25) is 19.2 Å². The van der Waals surface area contributed by atoms with Gasteiger partial charge in [-0.15, -0.1) is 0 Å². The molecule has 3 saturated carbocycles. The van der Waals surface area contributed by atoms with E-state index in [4.69, 9.17) is 33.8 Å². The van der Waals surface area contributed by atoms with Gasteiger partial charge in [-0.25, -0.2) is 9.99 Å². The van der Waals surface area contributed by atoms with Crippen LogP contribution in [0.2, 0.25) is 0 Å². The Morgan fingerprint density at radius 3 is 1.88 bits per heavy atom. The van der Waals surface area contributed by atoms with Gasteiger partial charge in [-0.1, -0.05) is 89.7 Å². The molecule has 3 aliphatic carbocycles. The van der Waals surface area contributed by atoms with Crippen molar-refractivity contribution in [3.63, 3.8) is 0 Å². The average molecular weight is 1020 g/mol. The molecule has 0 radical (unpaired) electrons. The van der Waals surface area contributed by atoms with Crippen molar-refractivity contribution in [2.75, 3.05) is 24.8 Å². The van der Waals surface area contributed by atoms with E-state index < -0.39 is 0 Å². The van der Waals surface area contributed by atoms with Crippen molar-refractivity contribution < 1.29 is 42.9 Å². The maximum Gasteiger partial charge on any atom is 0.314 e. The normalized spacial score (nSPS) is 21.6. The van der Waals surface area contributed by atoms with Crippen LogP contribution in [0.25, 0.3) is 10.2 Å². The molecule has 1 atom stereocenters. The monoisotopic (exact) mass is 1020 g/mol. The number of fused-ring (bicyclic) bond motifs is 1. The maximum atomic E-state index is 13.9. The van der Waals surface area contributed by atoms with Crippen molar-refractivity contribution in [2.45, 2.75) is 169 Å². The number of nitrogens with zero attached hydrogens (tertiary/aromatic N) is 3. The van der Waals surface area contributed by atoms with Crippen LogP contribution in [0.4, 0.5) is 5.13 Å². The molecule has 3 aliphatic rings. The molecule has 0 aliphatic heterocycles. The Hall–Kier alpha value is -5.30. The van der Waals surface area contributed by atoms with E-state index in [1.165, 1.54) is 32.1 Å². The quantitative estimate of drug-likeness (QED) is 0.0195. The van der Waals surface area contributed by atoms with Gasteiger partial charge in [-0.05, 0) is 175 Å². The highest BCUT2D eigenvalue weighted by Crippen LogP contribution is 2.43.